The van der Waals surface area contributed by atoms with Crippen LogP contribution in [0.1, 0.15) is 6.92 Å². The molecule has 0 saturated heterocycles. The van der Waals surface area contributed by atoms with Gasteiger partial charge in [0, 0.05) is 37.2 Å². The highest BCUT2D eigenvalue weighted by Gasteiger charge is 2.11. The number of hydrogen-bond acceptors (Lipinski definition) is 5. The van der Waals surface area contributed by atoms with Crippen LogP contribution in [0.4, 0.5) is 17.1 Å². The van der Waals surface area contributed by atoms with Gasteiger partial charge in [0.2, 0.25) is 5.91 Å². The van der Waals surface area contributed by atoms with Crippen LogP contribution in [-0.4, -0.2) is 24.0 Å². The molecule has 0 unspecified atom stereocenters. The molecular formula is C19H18N4O3. The van der Waals surface area contributed by atoms with Crippen LogP contribution in [0.15, 0.2) is 60.3 Å². The third kappa shape index (κ3) is 5.11. The monoisotopic (exact) mass is 350 g/mol. The molecule has 132 valence electrons. The van der Waals surface area contributed by atoms with E-state index < -0.39 is 5.91 Å². The Balaban J connectivity index is 2.09. The highest BCUT2D eigenvalue weighted by atomic mass is 16.3. The lowest BCUT2D eigenvalue weighted by Gasteiger charge is -2.15. The second kappa shape index (κ2) is 8.35. The third-order valence-electron chi connectivity index (χ3n) is 3.41. The van der Waals surface area contributed by atoms with Gasteiger partial charge in [-0.25, -0.2) is 0 Å². The molecule has 0 fully saturated rings. The van der Waals surface area contributed by atoms with E-state index in [1.165, 1.54) is 25.3 Å². The lowest BCUT2D eigenvalue weighted by atomic mass is 10.2. The van der Waals surface area contributed by atoms with Crippen molar-refractivity contribution in [3.05, 3.63) is 60.3 Å². The number of carbonyl (C=O) groups is 2. The van der Waals surface area contributed by atoms with Gasteiger partial charge in [0.05, 0.1) is 0 Å². The molecule has 2 amide bonds. The van der Waals surface area contributed by atoms with Crippen LogP contribution in [0.5, 0.6) is 5.75 Å². The van der Waals surface area contributed by atoms with Crippen molar-refractivity contribution >= 4 is 28.9 Å². The second-order valence-corrected chi connectivity index (χ2v) is 5.49. The average molecular weight is 350 g/mol. The number of phenols is 1. The molecule has 2 rings (SSSR count). The van der Waals surface area contributed by atoms with E-state index in [4.69, 9.17) is 0 Å². The van der Waals surface area contributed by atoms with Crippen LogP contribution in [-0.2, 0) is 9.59 Å². The molecule has 0 aliphatic heterocycles. The standard InChI is InChI=1S/C19H18N4O3/c1-13(24)21-15-3-5-16(6-4-15)22-19(26)14(11-20)12-23(2)17-7-9-18(25)10-8-17/h3-10,12,25H,1-2H3,(H,21,24)(H,22,26)/b14-12-. The van der Waals surface area contributed by atoms with Gasteiger partial charge >= 0.3 is 0 Å². The highest BCUT2D eigenvalue weighted by Crippen LogP contribution is 2.19. The molecule has 2 aromatic carbocycles. The number of anilines is 3. The molecule has 0 bridgehead atoms. The Morgan fingerprint density at radius 3 is 2.08 bits per heavy atom. The van der Waals surface area contributed by atoms with Crippen molar-refractivity contribution in [2.24, 2.45) is 0 Å². The topological polar surface area (TPSA) is 105 Å². The maximum absolute atomic E-state index is 12.3. The van der Waals surface area contributed by atoms with Crippen LogP contribution >= 0.6 is 0 Å². The Kier molecular flexibility index (Phi) is 5.96. The molecule has 2 aromatic rings. The van der Waals surface area contributed by atoms with Crippen molar-refractivity contribution in [2.45, 2.75) is 6.92 Å². The summed E-state index contributed by atoms with van der Waals surface area (Å²) in [5.74, 6) is -0.605. The fourth-order valence-electron chi connectivity index (χ4n) is 2.13. The van der Waals surface area contributed by atoms with Crippen molar-refractivity contribution in [1.82, 2.24) is 0 Å². The Morgan fingerprint density at radius 2 is 1.58 bits per heavy atom. The molecule has 3 N–H and O–H groups in total. The fourth-order valence-corrected chi connectivity index (χ4v) is 2.13. The number of aromatic hydroxyl groups is 1. The summed E-state index contributed by atoms with van der Waals surface area (Å²) in [5.41, 5.74) is 1.74. The van der Waals surface area contributed by atoms with Gasteiger partial charge in [-0.15, -0.1) is 0 Å². The summed E-state index contributed by atoms with van der Waals surface area (Å²) in [6.07, 6.45) is 1.41. The van der Waals surface area contributed by atoms with Crippen LogP contribution in [0.2, 0.25) is 0 Å². The van der Waals surface area contributed by atoms with Crippen LogP contribution in [0, 0.1) is 11.3 Å². The number of benzene rings is 2. The maximum Gasteiger partial charge on any atom is 0.267 e. The summed E-state index contributed by atoms with van der Waals surface area (Å²) in [4.78, 5) is 24.9. The van der Waals surface area contributed by atoms with E-state index in [1.54, 1.807) is 48.3 Å². The molecule has 0 heterocycles. The first-order chi connectivity index (χ1) is 12.4. The number of amides is 2. The molecule has 0 aliphatic rings. The van der Waals surface area contributed by atoms with E-state index in [-0.39, 0.29) is 17.2 Å². The Labute approximate surface area is 151 Å². The summed E-state index contributed by atoms with van der Waals surface area (Å²) >= 11 is 0. The van der Waals surface area contributed by atoms with Gasteiger partial charge in [0.25, 0.3) is 5.91 Å². The normalized spacial score (nSPS) is 10.6. The first-order valence-electron chi connectivity index (χ1n) is 7.72. The predicted octanol–water partition coefficient (Wildman–Crippen LogP) is 2.83. The SMILES string of the molecule is CC(=O)Nc1ccc(NC(=O)/C(C#N)=C\N(C)c2ccc(O)cc2)cc1. The van der Waals surface area contributed by atoms with Crippen molar-refractivity contribution in [3.8, 4) is 11.8 Å². The van der Waals surface area contributed by atoms with Crippen molar-refractivity contribution in [1.29, 1.82) is 5.26 Å². The number of nitriles is 1. The molecule has 0 aromatic heterocycles. The van der Waals surface area contributed by atoms with Gasteiger partial charge in [-0.3, -0.25) is 9.59 Å². The van der Waals surface area contributed by atoms with Crippen molar-refractivity contribution in [3.63, 3.8) is 0 Å². The van der Waals surface area contributed by atoms with E-state index in [0.29, 0.717) is 17.1 Å². The zero-order chi connectivity index (χ0) is 19.1. The minimum atomic E-state index is -0.551. The van der Waals surface area contributed by atoms with E-state index in [9.17, 15) is 20.0 Å². The molecule has 7 nitrogen and oxygen atoms in total. The third-order valence-corrected chi connectivity index (χ3v) is 3.41. The number of nitrogens with zero attached hydrogens (tertiary/aromatic N) is 2. The lowest BCUT2D eigenvalue weighted by Crippen LogP contribution is -2.17. The average Bonchev–Trinajstić information content (AvgIpc) is 2.61. The Bertz CT molecular complexity index is 865. The number of carbonyl (C=O) groups excluding carboxylic acids is 2. The summed E-state index contributed by atoms with van der Waals surface area (Å²) < 4.78 is 0. The summed E-state index contributed by atoms with van der Waals surface area (Å²) in [7, 11) is 1.69. The maximum atomic E-state index is 12.3. The number of phenolic OH excluding ortho intramolecular Hbond substituents is 1. The molecule has 0 aliphatic carbocycles. The smallest absolute Gasteiger partial charge is 0.267 e. The van der Waals surface area contributed by atoms with Gasteiger partial charge in [-0.2, -0.15) is 5.26 Å². The molecule has 7 heteroatoms. The van der Waals surface area contributed by atoms with Crippen LogP contribution < -0.4 is 15.5 Å². The zero-order valence-corrected chi connectivity index (χ0v) is 14.4. The Hall–Kier alpha value is -3.79. The first kappa shape index (κ1) is 18.5. The molecule has 26 heavy (non-hydrogen) atoms. The van der Waals surface area contributed by atoms with E-state index in [2.05, 4.69) is 10.6 Å². The van der Waals surface area contributed by atoms with Crippen LogP contribution in [0.3, 0.4) is 0 Å². The number of rotatable bonds is 5. The Morgan fingerprint density at radius 1 is 1.04 bits per heavy atom. The molecule has 0 radical (unpaired) electrons. The highest BCUT2D eigenvalue weighted by molar-refractivity contribution is 6.06. The first-order valence-corrected chi connectivity index (χ1v) is 7.72. The van der Waals surface area contributed by atoms with Crippen molar-refractivity contribution < 1.29 is 14.7 Å². The fraction of sp³-hybridized carbons (Fsp3) is 0.105. The number of nitrogens with one attached hydrogen (secondary N) is 2. The largest absolute Gasteiger partial charge is 0.508 e. The number of hydrogen-bond donors (Lipinski definition) is 3. The van der Waals surface area contributed by atoms with Gasteiger partial charge in [-0.1, -0.05) is 0 Å². The van der Waals surface area contributed by atoms with Gasteiger partial charge in [0.1, 0.15) is 17.4 Å². The second-order valence-electron chi connectivity index (χ2n) is 5.49. The van der Waals surface area contributed by atoms with Crippen LogP contribution in [0.25, 0.3) is 0 Å². The molecule has 0 spiro atoms. The van der Waals surface area contributed by atoms with E-state index in [0.717, 1.165) is 0 Å². The molecule has 0 saturated carbocycles. The summed E-state index contributed by atoms with van der Waals surface area (Å²) in [6.45, 7) is 1.41. The van der Waals surface area contributed by atoms with E-state index >= 15 is 0 Å². The minimum absolute atomic E-state index is 0.0773. The zero-order valence-electron chi connectivity index (χ0n) is 14.4. The molecule has 0 atom stereocenters. The van der Waals surface area contributed by atoms with E-state index in [1.807, 2.05) is 6.07 Å². The molecular weight excluding hydrogens is 332 g/mol. The predicted molar refractivity (Wildman–Crippen MR) is 99.6 cm³/mol. The van der Waals surface area contributed by atoms with Gasteiger partial charge < -0.3 is 20.6 Å². The quantitative estimate of drug-likeness (QED) is 0.568. The van der Waals surface area contributed by atoms with Crippen molar-refractivity contribution in [2.75, 3.05) is 22.6 Å². The summed E-state index contributed by atoms with van der Waals surface area (Å²) in [6, 6.07) is 14.8. The van der Waals surface area contributed by atoms with Gasteiger partial charge in [-0.05, 0) is 48.5 Å². The van der Waals surface area contributed by atoms with Gasteiger partial charge in [0.15, 0.2) is 0 Å². The lowest BCUT2D eigenvalue weighted by molar-refractivity contribution is -0.114. The summed E-state index contributed by atoms with van der Waals surface area (Å²) in [5, 5.41) is 23.8. The minimum Gasteiger partial charge on any atom is -0.508 e.